The van der Waals surface area contributed by atoms with Gasteiger partial charge in [0, 0.05) is 42.7 Å². The van der Waals surface area contributed by atoms with Crippen LogP contribution in [0.1, 0.15) is 24.7 Å². The predicted octanol–water partition coefficient (Wildman–Crippen LogP) is 13.3. The Morgan fingerprint density at radius 1 is 0.406 bits per heavy atom. The lowest BCUT2D eigenvalue weighted by Gasteiger charge is -2.35. The first kappa shape index (κ1) is 23.1. The summed E-state index contributed by atoms with van der Waals surface area (Å²) in [6, 6.07) is 26.2. The standard InChI is InChI=1S/C60H40N2SSi/c1-4-19-41(20-5-1)42-21-18-26-47(39-42)64(44-22-6-2-7-23-44,45-24-8-3-9-25-45)46-37-35-43(36-38-46)61-53-31-14-12-29-50(53)52-40-56(60-58(59(52)61)51-30-13-17-34-57(51)63-60)62-54-32-15-10-27-48(54)49-28-11-16-33-55(49)62/h1-40H/i1D,2D,4D,5D,6D,7D,18D,19D,20D,21D,22D,23D,26D,35D,36D,37D,38D,39D. The molecule has 13 rings (SSSR count). The molecule has 0 saturated heterocycles. The molecule has 0 aliphatic rings. The second-order valence-electron chi connectivity index (χ2n) is 15.4. The van der Waals surface area contributed by atoms with Crippen molar-refractivity contribution in [2.24, 2.45) is 0 Å². The summed E-state index contributed by atoms with van der Waals surface area (Å²) in [5.41, 5.74) is 2.22. The second kappa shape index (κ2) is 14.7. The summed E-state index contributed by atoms with van der Waals surface area (Å²) < 4.78 is 176. The van der Waals surface area contributed by atoms with Crippen LogP contribution in [0.25, 0.3) is 86.3 Å². The molecule has 13 aromatic rings. The zero-order valence-electron chi connectivity index (χ0n) is 51.5. The quantitative estimate of drug-likeness (QED) is 0.112. The van der Waals surface area contributed by atoms with E-state index in [1.165, 1.54) is 24.3 Å². The first-order valence-corrected chi connectivity index (χ1v) is 23.4. The van der Waals surface area contributed by atoms with Crippen molar-refractivity contribution >= 4 is 104 Å². The van der Waals surface area contributed by atoms with Gasteiger partial charge in [0.25, 0.3) is 0 Å². The van der Waals surface area contributed by atoms with Crippen LogP contribution in [0.15, 0.2) is 242 Å². The molecule has 0 N–H and O–H groups in total. The Morgan fingerprint density at radius 2 is 0.938 bits per heavy atom. The van der Waals surface area contributed by atoms with Crippen LogP contribution in [0.5, 0.6) is 0 Å². The minimum absolute atomic E-state index is 0.0193. The topological polar surface area (TPSA) is 9.86 Å². The molecule has 1 unspecified atom stereocenters. The Bertz CT molecular complexity index is 4860. The van der Waals surface area contributed by atoms with Crippen molar-refractivity contribution in [3.05, 3.63) is 242 Å². The molecule has 0 fully saturated rings. The van der Waals surface area contributed by atoms with Crippen LogP contribution in [0, 0.1) is 0 Å². The fourth-order valence-electron chi connectivity index (χ4n) is 9.47. The van der Waals surface area contributed by atoms with E-state index in [1.807, 2.05) is 66.7 Å². The van der Waals surface area contributed by atoms with Gasteiger partial charge in [0.1, 0.15) is 0 Å². The summed E-state index contributed by atoms with van der Waals surface area (Å²) in [4.78, 5) is 0. The highest BCUT2D eigenvalue weighted by Crippen LogP contribution is 2.47. The highest BCUT2D eigenvalue weighted by molar-refractivity contribution is 7.26. The van der Waals surface area contributed by atoms with Crippen molar-refractivity contribution in [1.82, 2.24) is 9.13 Å². The Labute approximate surface area is 401 Å². The molecule has 64 heavy (non-hydrogen) atoms. The van der Waals surface area contributed by atoms with Crippen LogP contribution in [-0.4, -0.2) is 17.2 Å². The Kier molecular flexibility index (Phi) is 5.29. The van der Waals surface area contributed by atoms with E-state index in [1.54, 1.807) is 28.0 Å². The largest absolute Gasteiger partial charge is 0.309 e. The molecule has 0 spiro atoms. The van der Waals surface area contributed by atoms with Gasteiger partial charge in [-0.3, -0.25) is 0 Å². The zero-order valence-corrected chi connectivity index (χ0v) is 35.3. The lowest BCUT2D eigenvalue weighted by Crippen LogP contribution is -2.74. The molecular formula is C60H40N2SSi. The van der Waals surface area contributed by atoms with Gasteiger partial charge in [-0.25, -0.2) is 0 Å². The molecule has 0 amide bonds. The normalized spacial score (nSPS) is 16.8. The minimum atomic E-state index is -5.53. The summed E-state index contributed by atoms with van der Waals surface area (Å²) >= 11 is 1.57. The monoisotopic (exact) mass is 866 g/mol. The third kappa shape index (κ3) is 5.43. The van der Waals surface area contributed by atoms with Gasteiger partial charge in [-0.05, 0) is 74.3 Å². The Balaban J connectivity index is 1.22. The number of para-hydroxylation sites is 3. The Hall–Kier alpha value is -7.76. The summed E-state index contributed by atoms with van der Waals surface area (Å²) in [7, 11) is -5.53. The molecule has 0 bridgehead atoms. The van der Waals surface area contributed by atoms with E-state index in [0.717, 1.165) is 47.7 Å². The first-order chi connectivity index (χ1) is 39.3. The summed E-state index contributed by atoms with van der Waals surface area (Å²) in [6.45, 7) is 0. The molecule has 0 saturated carbocycles. The van der Waals surface area contributed by atoms with Crippen LogP contribution < -0.4 is 20.7 Å². The maximum Gasteiger partial charge on any atom is 0.179 e. The third-order valence-electron chi connectivity index (χ3n) is 12.1. The molecule has 4 heteroatoms. The number of thiophene rings is 1. The molecule has 3 heterocycles. The third-order valence-corrected chi connectivity index (χ3v) is 17.5. The lowest BCUT2D eigenvalue weighted by molar-refractivity contribution is 1.18. The first-order valence-electron chi connectivity index (χ1n) is 29.5. The molecule has 3 aromatic heterocycles. The van der Waals surface area contributed by atoms with Gasteiger partial charge in [0.2, 0.25) is 0 Å². The van der Waals surface area contributed by atoms with Crippen molar-refractivity contribution in [1.29, 1.82) is 0 Å². The van der Waals surface area contributed by atoms with E-state index in [2.05, 4.69) is 34.9 Å². The summed E-state index contributed by atoms with van der Waals surface area (Å²) in [5.74, 6) is 0. The van der Waals surface area contributed by atoms with Crippen molar-refractivity contribution in [3.63, 3.8) is 0 Å². The molecule has 0 radical (unpaired) electrons. The molecule has 300 valence electrons. The Morgan fingerprint density at radius 3 is 1.62 bits per heavy atom. The number of nitrogens with zero attached hydrogens (tertiary/aromatic N) is 2. The average Bonchev–Trinajstić information content (AvgIpc) is 1.64. The predicted molar refractivity (Wildman–Crippen MR) is 277 cm³/mol. The number of hydrogen-bond donors (Lipinski definition) is 0. The van der Waals surface area contributed by atoms with Gasteiger partial charge >= 0.3 is 0 Å². The average molecular weight is 867 g/mol. The molecule has 2 nitrogen and oxygen atoms in total. The van der Waals surface area contributed by atoms with Crippen LogP contribution in [0.4, 0.5) is 0 Å². The van der Waals surface area contributed by atoms with Crippen molar-refractivity contribution in [2.75, 3.05) is 0 Å². The number of hydrogen-bond acceptors (Lipinski definition) is 1. The van der Waals surface area contributed by atoms with Gasteiger partial charge in [-0.1, -0.05) is 200 Å². The van der Waals surface area contributed by atoms with Crippen LogP contribution in [0.3, 0.4) is 0 Å². The van der Waals surface area contributed by atoms with Crippen molar-refractivity contribution in [3.8, 4) is 22.5 Å². The molecular weight excluding hydrogens is 809 g/mol. The smallest absolute Gasteiger partial charge is 0.179 e. The maximum absolute atomic E-state index is 10.5. The van der Waals surface area contributed by atoms with E-state index < -0.39 is 144 Å². The highest BCUT2D eigenvalue weighted by Gasteiger charge is 2.41. The zero-order chi connectivity index (χ0) is 57.9. The van der Waals surface area contributed by atoms with Gasteiger partial charge in [-0.15, -0.1) is 11.3 Å². The van der Waals surface area contributed by atoms with Crippen molar-refractivity contribution < 1.29 is 24.7 Å². The molecule has 0 aliphatic heterocycles. The number of fused-ring (bicyclic) bond motifs is 10. The fraction of sp³-hybridized carbons (Fsp3) is 0. The van der Waals surface area contributed by atoms with Crippen LogP contribution in [-0.2, 0) is 0 Å². The van der Waals surface area contributed by atoms with E-state index in [0.29, 0.717) is 21.8 Å². The summed E-state index contributed by atoms with van der Waals surface area (Å²) in [6.07, 6.45) is 0. The lowest BCUT2D eigenvalue weighted by atomic mass is 10.1. The van der Waals surface area contributed by atoms with Gasteiger partial charge in [-0.2, -0.15) is 0 Å². The molecule has 1 atom stereocenters. The highest BCUT2D eigenvalue weighted by atomic mass is 32.1. The summed E-state index contributed by atoms with van der Waals surface area (Å²) in [5, 5.41) is 3.30. The van der Waals surface area contributed by atoms with Crippen molar-refractivity contribution in [2.45, 2.75) is 0 Å². The van der Waals surface area contributed by atoms with E-state index in [4.69, 9.17) is 11.0 Å². The SMILES string of the molecule is [2H]c1c([2H])c([2H])c(-c2c([2H])c([2H])c([2H])c([Si](c3ccccc3)(c3c([2H])c([2H])c([2H])c([2H])c3[2H])c3c([2H])c([2H])c(-n4c5ccccc5c5cc(-n6c7ccccc7c7ccccc76)c6sc7ccccc7c6c54)c([2H])c3[2H])c2[2H])c([2H])c1[2H]. The van der Waals surface area contributed by atoms with Gasteiger partial charge in [0.05, 0.1) is 57.1 Å². The van der Waals surface area contributed by atoms with Gasteiger partial charge in [0.15, 0.2) is 8.07 Å². The minimum Gasteiger partial charge on any atom is -0.309 e. The van der Waals surface area contributed by atoms with Crippen LogP contribution in [0.2, 0.25) is 0 Å². The van der Waals surface area contributed by atoms with E-state index >= 15 is 0 Å². The molecule has 10 aromatic carbocycles. The second-order valence-corrected chi connectivity index (χ2v) is 20.0. The maximum atomic E-state index is 10.5. The molecule has 0 aliphatic carbocycles. The van der Waals surface area contributed by atoms with Crippen LogP contribution >= 0.6 is 11.3 Å². The number of aromatic nitrogens is 2. The van der Waals surface area contributed by atoms with E-state index in [-0.39, 0.29) is 10.9 Å². The fourth-order valence-corrected chi connectivity index (χ4v) is 14.6. The van der Waals surface area contributed by atoms with E-state index in [9.17, 15) is 13.7 Å². The van der Waals surface area contributed by atoms with Gasteiger partial charge < -0.3 is 9.13 Å². The number of benzene rings is 10. The number of rotatable bonds is 7.